The molecule has 0 aliphatic heterocycles. The molecule has 2 heteroatoms. The minimum Gasteiger partial charge on any atom is -0.374 e. The van der Waals surface area contributed by atoms with Crippen molar-refractivity contribution in [1.82, 2.24) is 5.32 Å². The van der Waals surface area contributed by atoms with E-state index in [0.717, 1.165) is 11.1 Å². The highest BCUT2D eigenvalue weighted by atomic mass is 16.3. The molecule has 0 bridgehead atoms. The summed E-state index contributed by atoms with van der Waals surface area (Å²) in [6, 6.07) is 19.6. The molecular weight excluding hydrogens is 198 g/mol. The summed E-state index contributed by atoms with van der Waals surface area (Å²) in [6.45, 7) is 0.664. The van der Waals surface area contributed by atoms with Crippen LogP contribution in [0.2, 0.25) is 0 Å². The lowest BCUT2D eigenvalue weighted by atomic mass is 10.2. The molecule has 16 heavy (non-hydrogen) atoms. The third-order valence-corrected chi connectivity index (χ3v) is 2.46. The quantitative estimate of drug-likeness (QED) is 0.765. The maximum atomic E-state index is 9.87. The summed E-state index contributed by atoms with van der Waals surface area (Å²) >= 11 is 0. The SMILES string of the molecule is OC(NCc1ccccc1)c1ccccc1. The van der Waals surface area contributed by atoms with Crippen molar-refractivity contribution in [2.45, 2.75) is 12.8 Å². The van der Waals surface area contributed by atoms with E-state index in [1.54, 1.807) is 0 Å². The maximum Gasteiger partial charge on any atom is 0.131 e. The molecule has 2 aromatic rings. The van der Waals surface area contributed by atoms with E-state index in [-0.39, 0.29) is 0 Å². The largest absolute Gasteiger partial charge is 0.374 e. The predicted molar refractivity (Wildman–Crippen MR) is 64.7 cm³/mol. The molecular formula is C14H15NO. The second kappa shape index (κ2) is 5.45. The van der Waals surface area contributed by atoms with Crippen molar-refractivity contribution < 1.29 is 5.11 Å². The van der Waals surface area contributed by atoms with E-state index in [0.29, 0.717) is 6.54 Å². The molecule has 0 amide bonds. The van der Waals surface area contributed by atoms with Crippen LogP contribution in [0, 0.1) is 0 Å². The summed E-state index contributed by atoms with van der Waals surface area (Å²) in [6.07, 6.45) is -0.610. The molecule has 0 fully saturated rings. The third kappa shape index (κ3) is 2.92. The topological polar surface area (TPSA) is 32.3 Å². The third-order valence-electron chi connectivity index (χ3n) is 2.46. The molecule has 0 saturated carbocycles. The van der Waals surface area contributed by atoms with Gasteiger partial charge in [0.05, 0.1) is 0 Å². The van der Waals surface area contributed by atoms with Gasteiger partial charge in [-0.3, -0.25) is 5.32 Å². The first-order valence-electron chi connectivity index (χ1n) is 5.36. The smallest absolute Gasteiger partial charge is 0.131 e. The van der Waals surface area contributed by atoms with Crippen LogP contribution in [0.15, 0.2) is 60.7 Å². The highest BCUT2D eigenvalue weighted by Gasteiger charge is 2.04. The Labute approximate surface area is 95.6 Å². The molecule has 2 rings (SSSR count). The number of rotatable bonds is 4. The van der Waals surface area contributed by atoms with Gasteiger partial charge in [0, 0.05) is 6.54 Å². The lowest BCUT2D eigenvalue weighted by molar-refractivity contribution is 0.137. The first-order valence-corrected chi connectivity index (χ1v) is 5.36. The fraction of sp³-hybridized carbons (Fsp3) is 0.143. The molecule has 0 saturated heterocycles. The lowest BCUT2D eigenvalue weighted by Gasteiger charge is -2.12. The van der Waals surface area contributed by atoms with Gasteiger partial charge in [0.15, 0.2) is 0 Å². The van der Waals surface area contributed by atoms with Crippen LogP contribution in [0.1, 0.15) is 17.4 Å². The van der Waals surface area contributed by atoms with E-state index in [1.807, 2.05) is 60.7 Å². The molecule has 0 heterocycles. The van der Waals surface area contributed by atoms with Crippen molar-refractivity contribution in [1.29, 1.82) is 0 Å². The maximum absolute atomic E-state index is 9.87. The van der Waals surface area contributed by atoms with E-state index in [4.69, 9.17) is 0 Å². The summed E-state index contributed by atoms with van der Waals surface area (Å²) in [5.74, 6) is 0. The van der Waals surface area contributed by atoms with Crippen LogP contribution in [-0.4, -0.2) is 5.11 Å². The number of aliphatic hydroxyl groups is 1. The second-order valence-electron chi connectivity index (χ2n) is 3.68. The first-order chi connectivity index (χ1) is 7.86. The molecule has 1 atom stereocenters. The van der Waals surface area contributed by atoms with Gasteiger partial charge in [0.2, 0.25) is 0 Å². The van der Waals surface area contributed by atoms with Crippen molar-refractivity contribution in [3.63, 3.8) is 0 Å². The zero-order valence-corrected chi connectivity index (χ0v) is 9.01. The van der Waals surface area contributed by atoms with Gasteiger partial charge in [-0.2, -0.15) is 0 Å². The van der Waals surface area contributed by atoms with E-state index >= 15 is 0 Å². The molecule has 1 unspecified atom stereocenters. The summed E-state index contributed by atoms with van der Waals surface area (Å²) in [5.41, 5.74) is 2.05. The van der Waals surface area contributed by atoms with E-state index < -0.39 is 6.23 Å². The van der Waals surface area contributed by atoms with Gasteiger partial charge in [-0.15, -0.1) is 0 Å². The minimum atomic E-state index is -0.610. The molecule has 2 nitrogen and oxygen atoms in total. The van der Waals surface area contributed by atoms with Gasteiger partial charge in [0.1, 0.15) is 6.23 Å². The monoisotopic (exact) mass is 213 g/mol. The Balaban J connectivity index is 1.92. The lowest BCUT2D eigenvalue weighted by Crippen LogP contribution is -2.20. The highest BCUT2D eigenvalue weighted by Crippen LogP contribution is 2.09. The Morgan fingerprint density at radius 3 is 2.06 bits per heavy atom. The summed E-state index contributed by atoms with van der Waals surface area (Å²) in [7, 11) is 0. The van der Waals surface area contributed by atoms with Gasteiger partial charge < -0.3 is 5.11 Å². The summed E-state index contributed by atoms with van der Waals surface area (Å²) < 4.78 is 0. The molecule has 82 valence electrons. The Bertz CT molecular complexity index is 413. The zero-order valence-electron chi connectivity index (χ0n) is 9.01. The number of benzene rings is 2. The van der Waals surface area contributed by atoms with Crippen LogP contribution in [-0.2, 0) is 6.54 Å². The van der Waals surface area contributed by atoms with Crippen LogP contribution in [0.3, 0.4) is 0 Å². The number of hydrogen-bond acceptors (Lipinski definition) is 2. The minimum absolute atomic E-state index is 0.610. The summed E-state index contributed by atoms with van der Waals surface area (Å²) in [4.78, 5) is 0. The fourth-order valence-electron chi connectivity index (χ4n) is 1.56. The number of aliphatic hydroxyl groups excluding tert-OH is 1. The highest BCUT2D eigenvalue weighted by molar-refractivity contribution is 5.18. The van der Waals surface area contributed by atoms with Crippen LogP contribution >= 0.6 is 0 Å². The Morgan fingerprint density at radius 1 is 0.875 bits per heavy atom. The van der Waals surface area contributed by atoms with Gasteiger partial charge in [-0.25, -0.2) is 0 Å². The molecule has 0 aliphatic rings. The number of nitrogens with one attached hydrogen (secondary N) is 1. The van der Waals surface area contributed by atoms with Crippen LogP contribution < -0.4 is 5.32 Å². The van der Waals surface area contributed by atoms with Crippen LogP contribution in [0.5, 0.6) is 0 Å². The average Bonchev–Trinajstić information content (AvgIpc) is 2.38. The van der Waals surface area contributed by atoms with E-state index in [2.05, 4.69) is 5.32 Å². The molecule has 0 radical (unpaired) electrons. The van der Waals surface area contributed by atoms with Crippen molar-refractivity contribution in [2.24, 2.45) is 0 Å². The van der Waals surface area contributed by atoms with E-state index in [1.165, 1.54) is 0 Å². The van der Waals surface area contributed by atoms with Crippen molar-refractivity contribution in [2.75, 3.05) is 0 Å². The van der Waals surface area contributed by atoms with Crippen LogP contribution in [0.4, 0.5) is 0 Å². The van der Waals surface area contributed by atoms with Gasteiger partial charge >= 0.3 is 0 Å². The van der Waals surface area contributed by atoms with Crippen LogP contribution in [0.25, 0.3) is 0 Å². The molecule has 2 N–H and O–H groups in total. The van der Waals surface area contributed by atoms with Gasteiger partial charge in [0.25, 0.3) is 0 Å². The van der Waals surface area contributed by atoms with Gasteiger partial charge in [-0.05, 0) is 11.1 Å². The van der Waals surface area contributed by atoms with E-state index in [9.17, 15) is 5.11 Å². The predicted octanol–water partition coefficient (Wildman–Crippen LogP) is 2.47. The molecule has 2 aromatic carbocycles. The second-order valence-corrected chi connectivity index (χ2v) is 3.68. The standard InChI is InChI=1S/C14H15NO/c16-14(13-9-5-2-6-10-13)15-11-12-7-3-1-4-8-12/h1-10,14-16H,11H2. The normalized spacial score (nSPS) is 12.3. The Hall–Kier alpha value is -1.64. The first kappa shape index (κ1) is 10.9. The molecule has 0 aromatic heterocycles. The summed E-state index contributed by atoms with van der Waals surface area (Å²) in [5, 5.41) is 12.9. The Kier molecular flexibility index (Phi) is 3.70. The molecule has 0 spiro atoms. The van der Waals surface area contributed by atoms with Crippen molar-refractivity contribution >= 4 is 0 Å². The Morgan fingerprint density at radius 2 is 1.44 bits per heavy atom. The molecule has 0 aliphatic carbocycles. The average molecular weight is 213 g/mol. The van der Waals surface area contributed by atoms with Gasteiger partial charge in [-0.1, -0.05) is 60.7 Å². The van der Waals surface area contributed by atoms with Crippen molar-refractivity contribution in [3.05, 3.63) is 71.8 Å². The fourth-order valence-corrected chi connectivity index (χ4v) is 1.56. The number of hydrogen-bond donors (Lipinski definition) is 2. The zero-order chi connectivity index (χ0) is 11.2. The van der Waals surface area contributed by atoms with Crippen molar-refractivity contribution in [3.8, 4) is 0 Å².